The first kappa shape index (κ1) is 20.5. The summed E-state index contributed by atoms with van der Waals surface area (Å²) in [6.45, 7) is 4.22. The highest BCUT2D eigenvalue weighted by atomic mass is 16.5. The Balaban J connectivity index is 1.50. The number of anilines is 1. The smallest absolute Gasteiger partial charge is 0.314 e. The molecule has 0 spiro atoms. The van der Waals surface area contributed by atoms with Crippen molar-refractivity contribution >= 4 is 22.8 Å². The number of aromatic nitrogens is 2. The highest BCUT2D eigenvalue weighted by Crippen LogP contribution is 2.35. The number of nitrogens with two attached hydrogens (primary N) is 1. The quantitative estimate of drug-likeness (QED) is 0.742. The summed E-state index contributed by atoms with van der Waals surface area (Å²) in [5.41, 5.74) is 6.20. The molecule has 0 aliphatic carbocycles. The van der Waals surface area contributed by atoms with Crippen LogP contribution in [-0.2, 0) is 0 Å². The van der Waals surface area contributed by atoms with Crippen LogP contribution in [0.25, 0.3) is 10.9 Å². The van der Waals surface area contributed by atoms with Gasteiger partial charge in [0.05, 0.1) is 19.2 Å². The highest BCUT2D eigenvalue weighted by molar-refractivity contribution is 5.92. The van der Waals surface area contributed by atoms with E-state index in [1.807, 2.05) is 12.1 Å². The van der Waals surface area contributed by atoms with Gasteiger partial charge in [0.15, 0.2) is 11.5 Å². The van der Waals surface area contributed by atoms with Crippen LogP contribution in [0.2, 0.25) is 0 Å². The number of fused-ring (bicyclic) bond motifs is 1. The van der Waals surface area contributed by atoms with Crippen LogP contribution in [0.15, 0.2) is 18.5 Å². The maximum atomic E-state index is 11.4. The van der Waals surface area contributed by atoms with Crippen molar-refractivity contribution in [2.75, 3.05) is 51.3 Å². The second-order valence-electron chi connectivity index (χ2n) is 7.81. The van der Waals surface area contributed by atoms with E-state index >= 15 is 0 Å². The summed E-state index contributed by atoms with van der Waals surface area (Å²) in [4.78, 5) is 24.1. The molecular weight excluding hydrogens is 384 g/mol. The molecule has 4 rings (SSSR count). The standard InChI is InChI=1S/C21H30N6O3/c1-29-18-12-16-17(13-19(18)30-11-5-15-4-2-3-6-23-15)24-14-25-20(16)26-7-9-27(10-8-26)21(22)28/h12-15,23H,2-11H2,1H3,(H2,22,28). The van der Waals surface area contributed by atoms with E-state index in [0.29, 0.717) is 50.3 Å². The van der Waals surface area contributed by atoms with E-state index in [2.05, 4.69) is 20.2 Å². The Morgan fingerprint density at radius 3 is 2.73 bits per heavy atom. The number of amides is 2. The predicted molar refractivity (Wildman–Crippen MR) is 115 cm³/mol. The largest absolute Gasteiger partial charge is 0.493 e. The second-order valence-corrected chi connectivity index (χ2v) is 7.81. The van der Waals surface area contributed by atoms with Crippen LogP contribution in [0.5, 0.6) is 11.5 Å². The molecule has 1 aromatic heterocycles. The molecule has 30 heavy (non-hydrogen) atoms. The summed E-state index contributed by atoms with van der Waals surface area (Å²) in [6.07, 6.45) is 6.29. The number of benzene rings is 1. The van der Waals surface area contributed by atoms with Crippen LogP contribution in [-0.4, -0.2) is 73.4 Å². The average Bonchev–Trinajstić information content (AvgIpc) is 2.79. The molecule has 3 heterocycles. The highest BCUT2D eigenvalue weighted by Gasteiger charge is 2.22. The van der Waals surface area contributed by atoms with Crippen LogP contribution in [0.3, 0.4) is 0 Å². The molecule has 1 aromatic carbocycles. The fourth-order valence-corrected chi connectivity index (χ4v) is 4.19. The van der Waals surface area contributed by atoms with Gasteiger partial charge in [-0.3, -0.25) is 0 Å². The monoisotopic (exact) mass is 414 g/mol. The first-order valence-corrected chi connectivity index (χ1v) is 10.6. The van der Waals surface area contributed by atoms with Crippen LogP contribution in [0.4, 0.5) is 10.6 Å². The number of hydrogen-bond acceptors (Lipinski definition) is 7. The van der Waals surface area contributed by atoms with Gasteiger partial charge >= 0.3 is 6.03 Å². The number of carbonyl (C=O) groups excluding carboxylic acids is 1. The number of nitrogens with zero attached hydrogens (tertiary/aromatic N) is 4. The van der Waals surface area contributed by atoms with Gasteiger partial charge in [0.25, 0.3) is 0 Å². The summed E-state index contributed by atoms with van der Waals surface area (Å²) >= 11 is 0. The third-order valence-electron chi connectivity index (χ3n) is 5.93. The second kappa shape index (κ2) is 9.34. The number of piperidine rings is 1. The summed E-state index contributed by atoms with van der Waals surface area (Å²) in [7, 11) is 1.64. The lowest BCUT2D eigenvalue weighted by Gasteiger charge is -2.34. The van der Waals surface area contributed by atoms with Gasteiger partial charge in [-0.05, 0) is 31.9 Å². The van der Waals surface area contributed by atoms with Gasteiger partial charge in [-0.2, -0.15) is 0 Å². The number of methoxy groups -OCH3 is 1. The number of nitrogens with one attached hydrogen (secondary N) is 1. The topological polar surface area (TPSA) is 106 Å². The molecule has 0 bridgehead atoms. The number of hydrogen-bond donors (Lipinski definition) is 2. The van der Waals surface area contributed by atoms with Crippen molar-refractivity contribution in [1.82, 2.24) is 20.2 Å². The van der Waals surface area contributed by atoms with E-state index in [1.54, 1.807) is 18.3 Å². The Bertz CT molecular complexity index is 878. The van der Waals surface area contributed by atoms with Crippen LogP contribution < -0.4 is 25.4 Å². The van der Waals surface area contributed by atoms with Gasteiger partial charge < -0.3 is 30.3 Å². The molecule has 1 unspecified atom stereocenters. The van der Waals surface area contributed by atoms with E-state index in [-0.39, 0.29) is 6.03 Å². The fourth-order valence-electron chi connectivity index (χ4n) is 4.19. The van der Waals surface area contributed by atoms with Crippen LogP contribution in [0, 0.1) is 0 Å². The fraction of sp³-hybridized carbons (Fsp3) is 0.571. The molecule has 3 N–H and O–H groups in total. The van der Waals surface area contributed by atoms with E-state index < -0.39 is 0 Å². The number of ether oxygens (including phenoxy) is 2. The van der Waals surface area contributed by atoms with E-state index in [4.69, 9.17) is 15.2 Å². The third-order valence-corrected chi connectivity index (χ3v) is 5.93. The molecule has 2 amide bonds. The Kier molecular flexibility index (Phi) is 6.37. The molecule has 2 aromatic rings. The Hall–Kier alpha value is -2.81. The lowest BCUT2D eigenvalue weighted by Crippen LogP contribution is -2.50. The van der Waals surface area contributed by atoms with Crippen LogP contribution >= 0.6 is 0 Å². The predicted octanol–water partition coefficient (Wildman–Crippen LogP) is 1.75. The zero-order valence-corrected chi connectivity index (χ0v) is 17.5. The maximum absolute atomic E-state index is 11.4. The number of primary amides is 1. The van der Waals surface area contributed by atoms with Crippen molar-refractivity contribution in [3.8, 4) is 11.5 Å². The Morgan fingerprint density at radius 1 is 1.20 bits per heavy atom. The van der Waals surface area contributed by atoms with E-state index in [1.165, 1.54) is 19.3 Å². The van der Waals surface area contributed by atoms with Crippen molar-refractivity contribution in [3.63, 3.8) is 0 Å². The van der Waals surface area contributed by atoms with E-state index in [0.717, 1.165) is 29.7 Å². The van der Waals surface area contributed by atoms with Gasteiger partial charge in [-0.25, -0.2) is 14.8 Å². The van der Waals surface area contributed by atoms with Gasteiger partial charge in [0.1, 0.15) is 12.1 Å². The Labute approximate surface area is 176 Å². The molecule has 2 aliphatic heterocycles. The number of carbonyl (C=O) groups is 1. The lowest BCUT2D eigenvalue weighted by molar-refractivity contribution is 0.204. The van der Waals surface area contributed by atoms with Crippen molar-refractivity contribution in [3.05, 3.63) is 18.5 Å². The average molecular weight is 415 g/mol. The minimum Gasteiger partial charge on any atom is -0.493 e. The first-order chi connectivity index (χ1) is 14.7. The minimum atomic E-state index is -0.380. The number of urea groups is 1. The zero-order chi connectivity index (χ0) is 20.9. The summed E-state index contributed by atoms with van der Waals surface area (Å²) < 4.78 is 11.7. The molecule has 2 aliphatic rings. The van der Waals surface area contributed by atoms with Gasteiger partial charge in [-0.15, -0.1) is 0 Å². The lowest BCUT2D eigenvalue weighted by atomic mass is 10.0. The molecular formula is C21H30N6O3. The van der Waals surface area contributed by atoms with Gasteiger partial charge in [-0.1, -0.05) is 6.42 Å². The Morgan fingerprint density at radius 2 is 2.03 bits per heavy atom. The summed E-state index contributed by atoms with van der Waals surface area (Å²) in [5.74, 6) is 2.20. The summed E-state index contributed by atoms with van der Waals surface area (Å²) in [5, 5.41) is 4.45. The zero-order valence-electron chi connectivity index (χ0n) is 17.5. The van der Waals surface area contributed by atoms with E-state index in [9.17, 15) is 4.79 Å². The molecule has 0 radical (unpaired) electrons. The maximum Gasteiger partial charge on any atom is 0.314 e. The summed E-state index contributed by atoms with van der Waals surface area (Å²) in [6, 6.07) is 4.01. The molecule has 2 saturated heterocycles. The van der Waals surface area contributed by atoms with Crippen molar-refractivity contribution < 1.29 is 14.3 Å². The minimum absolute atomic E-state index is 0.380. The molecule has 9 heteroatoms. The third kappa shape index (κ3) is 4.51. The normalized spacial score (nSPS) is 19.7. The van der Waals surface area contributed by atoms with Gasteiger partial charge in [0.2, 0.25) is 0 Å². The molecule has 2 fully saturated rings. The molecule has 0 saturated carbocycles. The number of piperazine rings is 1. The van der Waals surface area contributed by atoms with Crippen molar-refractivity contribution in [2.24, 2.45) is 5.73 Å². The van der Waals surface area contributed by atoms with Crippen molar-refractivity contribution in [2.45, 2.75) is 31.7 Å². The molecule has 9 nitrogen and oxygen atoms in total. The first-order valence-electron chi connectivity index (χ1n) is 10.6. The van der Waals surface area contributed by atoms with Crippen LogP contribution in [0.1, 0.15) is 25.7 Å². The van der Waals surface area contributed by atoms with Crippen molar-refractivity contribution in [1.29, 1.82) is 0 Å². The van der Waals surface area contributed by atoms with Gasteiger partial charge in [0, 0.05) is 43.7 Å². The molecule has 1 atom stereocenters. The molecule has 162 valence electrons. The SMILES string of the molecule is COc1cc2c(N3CCN(C(N)=O)CC3)ncnc2cc1OCCC1CCCCN1. The number of rotatable bonds is 6.